The third-order valence-electron chi connectivity index (χ3n) is 3.81. The summed E-state index contributed by atoms with van der Waals surface area (Å²) in [6.45, 7) is 5.43. The van der Waals surface area contributed by atoms with E-state index in [0.29, 0.717) is 36.0 Å². The molecule has 0 unspecified atom stereocenters. The molecule has 0 fully saturated rings. The first kappa shape index (κ1) is 18.4. The molecule has 0 saturated heterocycles. The van der Waals surface area contributed by atoms with Crippen LogP contribution in [-0.4, -0.2) is 32.7 Å². The highest BCUT2D eigenvalue weighted by Gasteiger charge is 2.08. The normalized spacial score (nSPS) is 10.4. The van der Waals surface area contributed by atoms with Gasteiger partial charge in [0.2, 0.25) is 0 Å². The Hall–Kier alpha value is -3.42. The van der Waals surface area contributed by atoms with E-state index in [1.807, 2.05) is 26.0 Å². The van der Waals surface area contributed by atoms with E-state index in [9.17, 15) is 4.79 Å². The number of hydrogen-bond acceptors (Lipinski definition) is 6. The SMILES string of the molecule is CCOc1ccc(NC(=O)c2ccc(OCc3nnnn3CC)cc2)cc1. The van der Waals surface area contributed by atoms with Gasteiger partial charge in [-0.05, 0) is 72.8 Å². The Bertz CT molecular complexity index is 875. The van der Waals surface area contributed by atoms with Crippen LogP contribution in [0.1, 0.15) is 30.0 Å². The van der Waals surface area contributed by atoms with E-state index in [1.165, 1.54) is 0 Å². The number of carbonyl (C=O) groups excluding carboxylic acids is 1. The molecule has 0 atom stereocenters. The van der Waals surface area contributed by atoms with Crippen LogP contribution in [0.3, 0.4) is 0 Å². The van der Waals surface area contributed by atoms with Crippen LogP contribution >= 0.6 is 0 Å². The standard InChI is InChI=1S/C19H21N5O3/c1-3-24-18(21-22-23-24)13-27-17-9-5-14(6-10-17)19(25)20-15-7-11-16(12-8-15)26-4-2/h5-12H,3-4,13H2,1-2H3,(H,20,25). The summed E-state index contributed by atoms with van der Waals surface area (Å²) < 4.78 is 12.7. The van der Waals surface area contributed by atoms with E-state index < -0.39 is 0 Å². The summed E-state index contributed by atoms with van der Waals surface area (Å²) in [4.78, 5) is 12.4. The third kappa shape index (κ3) is 4.81. The largest absolute Gasteiger partial charge is 0.494 e. The van der Waals surface area contributed by atoms with E-state index in [2.05, 4.69) is 20.8 Å². The minimum atomic E-state index is -0.194. The highest BCUT2D eigenvalue weighted by atomic mass is 16.5. The number of carbonyl (C=O) groups is 1. The predicted octanol–water partition coefficient (Wildman–Crippen LogP) is 2.92. The van der Waals surface area contributed by atoms with Crippen molar-refractivity contribution in [2.75, 3.05) is 11.9 Å². The zero-order valence-electron chi connectivity index (χ0n) is 15.3. The van der Waals surface area contributed by atoms with Crippen molar-refractivity contribution in [3.63, 3.8) is 0 Å². The predicted molar refractivity (Wildman–Crippen MR) is 99.8 cm³/mol. The number of aryl methyl sites for hydroxylation is 1. The molecule has 0 aliphatic carbocycles. The monoisotopic (exact) mass is 367 g/mol. The zero-order chi connectivity index (χ0) is 19.1. The topological polar surface area (TPSA) is 91.2 Å². The molecule has 27 heavy (non-hydrogen) atoms. The lowest BCUT2D eigenvalue weighted by atomic mass is 10.2. The maximum Gasteiger partial charge on any atom is 0.255 e. The lowest BCUT2D eigenvalue weighted by molar-refractivity contribution is 0.102. The molecule has 3 rings (SSSR count). The summed E-state index contributed by atoms with van der Waals surface area (Å²) in [5.41, 5.74) is 1.24. The fourth-order valence-electron chi connectivity index (χ4n) is 2.43. The van der Waals surface area contributed by atoms with Gasteiger partial charge in [0.25, 0.3) is 5.91 Å². The molecular formula is C19H21N5O3. The van der Waals surface area contributed by atoms with Crippen molar-refractivity contribution in [1.82, 2.24) is 20.2 Å². The Morgan fingerprint density at radius 3 is 2.33 bits per heavy atom. The van der Waals surface area contributed by atoms with Gasteiger partial charge in [-0.1, -0.05) is 0 Å². The molecule has 0 saturated carbocycles. The van der Waals surface area contributed by atoms with Gasteiger partial charge in [-0.3, -0.25) is 4.79 Å². The van der Waals surface area contributed by atoms with E-state index in [4.69, 9.17) is 9.47 Å². The quantitative estimate of drug-likeness (QED) is 0.658. The van der Waals surface area contributed by atoms with Crippen LogP contribution in [0.15, 0.2) is 48.5 Å². The van der Waals surface area contributed by atoms with Crippen molar-refractivity contribution in [1.29, 1.82) is 0 Å². The third-order valence-corrected chi connectivity index (χ3v) is 3.81. The van der Waals surface area contributed by atoms with Gasteiger partial charge in [-0.15, -0.1) is 5.10 Å². The molecule has 0 aliphatic heterocycles. The molecule has 1 aromatic heterocycles. The number of anilines is 1. The van der Waals surface area contributed by atoms with Crippen LogP contribution < -0.4 is 14.8 Å². The average molecular weight is 367 g/mol. The van der Waals surface area contributed by atoms with Gasteiger partial charge in [-0.25, -0.2) is 4.68 Å². The molecule has 3 aromatic rings. The van der Waals surface area contributed by atoms with Crippen molar-refractivity contribution in [3.8, 4) is 11.5 Å². The van der Waals surface area contributed by atoms with Crippen molar-refractivity contribution < 1.29 is 14.3 Å². The second kappa shape index (κ2) is 8.79. The van der Waals surface area contributed by atoms with Crippen molar-refractivity contribution >= 4 is 11.6 Å². The van der Waals surface area contributed by atoms with Crippen molar-refractivity contribution in [3.05, 3.63) is 59.9 Å². The summed E-state index contributed by atoms with van der Waals surface area (Å²) in [6.07, 6.45) is 0. The van der Waals surface area contributed by atoms with Crippen LogP contribution in [0.5, 0.6) is 11.5 Å². The number of rotatable bonds is 8. The van der Waals surface area contributed by atoms with Gasteiger partial charge in [0.15, 0.2) is 5.82 Å². The van der Waals surface area contributed by atoms with Gasteiger partial charge in [0.1, 0.15) is 18.1 Å². The molecule has 1 heterocycles. The average Bonchev–Trinajstić information content (AvgIpc) is 3.16. The van der Waals surface area contributed by atoms with Crippen molar-refractivity contribution in [2.45, 2.75) is 27.0 Å². The number of ether oxygens (including phenoxy) is 2. The lowest BCUT2D eigenvalue weighted by Gasteiger charge is -2.09. The Kier molecular flexibility index (Phi) is 5.98. The molecule has 1 amide bonds. The second-order valence-corrected chi connectivity index (χ2v) is 5.64. The molecular weight excluding hydrogens is 346 g/mol. The molecule has 0 aliphatic rings. The number of nitrogens with one attached hydrogen (secondary N) is 1. The van der Waals surface area contributed by atoms with Crippen LogP contribution in [0.2, 0.25) is 0 Å². The van der Waals surface area contributed by atoms with E-state index in [-0.39, 0.29) is 12.5 Å². The van der Waals surface area contributed by atoms with Gasteiger partial charge in [0.05, 0.1) is 6.61 Å². The number of aromatic nitrogens is 4. The van der Waals surface area contributed by atoms with Gasteiger partial charge < -0.3 is 14.8 Å². The molecule has 0 bridgehead atoms. The Balaban J connectivity index is 1.56. The lowest BCUT2D eigenvalue weighted by Crippen LogP contribution is -2.12. The second-order valence-electron chi connectivity index (χ2n) is 5.64. The fourth-order valence-corrected chi connectivity index (χ4v) is 2.43. The molecule has 8 nitrogen and oxygen atoms in total. The van der Waals surface area contributed by atoms with Gasteiger partial charge in [0, 0.05) is 17.8 Å². The number of benzene rings is 2. The van der Waals surface area contributed by atoms with Crippen LogP contribution in [0, 0.1) is 0 Å². The van der Waals surface area contributed by atoms with E-state index >= 15 is 0 Å². The van der Waals surface area contributed by atoms with Gasteiger partial charge in [-0.2, -0.15) is 0 Å². The molecule has 140 valence electrons. The summed E-state index contributed by atoms with van der Waals surface area (Å²) in [5.74, 6) is 1.86. The minimum absolute atomic E-state index is 0.194. The zero-order valence-corrected chi connectivity index (χ0v) is 15.3. The molecule has 2 aromatic carbocycles. The highest BCUT2D eigenvalue weighted by molar-refractivity contribution is 6.04. The first-order chi connectivity index (χ1) is 13.2. The van der Waals surface area contributed by atoms with Crippen LogP contribution in [0.25, 0.3) is 0 Å². The Morgan fingerprint density at radius 1 is 1.00 bits per heavy atom. The number of tetrazole rings is 1. The van der Waals surface area contributed by atoms with E-state index in [1.54, 1.807) is 41.1 Å². The van der Waals surface area contributed by atoms with Crippen LogP contribution in [0.4, 0.5) is 5.69 Å². The first-order valence-electron chi connectivity index (χ1n) is 8.71. The van der Waals surface area contributed by atoms with Gasteiger partial charge >= 0.3 is 0 Å². The Morgan fingerprint density at radius 2 is 1.67 bits per heavy atom. The number of amides is 1. The highest BCUT2D eigenvalue weighted by Crippen LogP contribution is 2.18. The molecule has 1 N–H and O–H groups in total. The summed E-state index contributed by atoms with van der Waals surface area (Å²) in [7, 11) is 0. The van der Waals surface area contributed by atoms with Crippen LogP contribution in [-0.2, 0) is 13.2 Å². The smallest absolute Gasteiger partial charge is 0.255 e. The molecule has 8 heteroatoms. The summed E-state index contributed by atoms with van der Waals surface area (Å²) >= 11 is 0. The molecule has 0 spiro atoms. The maximum absolute atomic E-state index is 12.4. The number of nitrogens with zero attached hydrogens (tertiary/aromatic N) is 4. The van der Waals surface area contributed by atoms with Crippen molar-refractivity contribution in [2.24, 2.45) is 0 Å². The summed E-state index contributed by atoms with van der Waals surface area (Å²) in [5, 5.41) is 14.2. The maximum atomic E-state index is 12.4. The minimum Gasteiger partial charge on any atom is -0.494 e. The first-order valence-corrected chi connectivity index (χ1v) is 8.71. The summed E-state index contributed by atoms with van der Waals surface area (Å²) in [6, 6.07) is 14.2. The Labute approximate surface area is 157 Å². The fraction of sp³-hybridized carbons (Fsp3) is 0.263. The number of hydrogen-bond donors (Lipinski definition) is 1. The van der Waals surface area contributed by atoms with E-state index in [0.717, 1.165) is 5.75 Å². The molecule has 0 radical (unpaired) electrons.